The van der Waals surface area contributed by atoms with Gasteiger partial charge in [0.15, 0.2) is 0 Å². The van der Waals surface area contributed by atoms with Crippen LogP contribution >= 0.6 is 11.6 Å². The molecular weight excluding hydrogens is 296 g/mol. The van der Waals surface area contributed by atoms with E-state index in [0.717, 1.165) is 5.01 Å². The van der Waals surface area contributed by atoms with Crippen molar-refractivity contribution in [2.75, 3.05) is 6.61 Å². The smallest absolute Gasteiger partial charge is 0.366 e. The number of carbonyl (C=O) groups is 2. The highest BCUT2D eigenvalue weighted by Crippen LogP contribution is 2.25. The second-order valence-electron chi connectivity index (χ2n) is 4.54. The lowest BCUT2D eigenvalue weighted by Gasteiger charge is -2.30. The summed E-state index contributed by atoms with van der Waals surface area (Å²) in [6, 6.07) is 6.21. The van der Waals surface area contributed by atoms with Gasteiger partial charge in [-0.2, -0.15) is 0 Å². The summed E-state index contributed by atoms with van der Waals surface area (Å²) in [5, 5.41) is 11.7. The van der Waals surface area contributed by atoms with Crippen LogP contribution in [-0.2, 0) is 9.53 Å². The van der Waals surface area contributed by atoms with Crippen LogP contribution in [0.3, 0.4) is 0 Å². The molecule has 1 amide bonds. The molecule has 2 N–H and O–H groups in total. The van der Waals surface area contributed by atoms with Crippen molar-refractivity contribution in [1.82, 2.24) is 10.4 Å². The maximum atomic E-state index is 12.5. The van der Waals surface area contributed by atoms with Crippen LogP contribution in [0.2, 0.25) is 5.02 Å². The van der Waals surface area contributed by atoms with E-state index in [1.54, 1.807) is 26.0 Å². The van der Waals surface area contributed by atoms with Crippen LogP contribution in [0.5, 0.6) is 0 Å². The Kier molecular flexibility index (Phi) is 4.20. The van der Waals surface area contributed by atoms with Gasteiger partial charge < -0.3 is 9.84 Å². The quantitative estimate of drug-likeness (QED) is 0.826. The Labute approximate surface area is 126 Å². The number of hydrogen-bond donors (Lipinski definition) is 2. The SMILES string of the molecule is CCOC(=O)C1(O)C=C(C)NN1C(=O)c1cccc(Cl)c1. The van der Waals surface area contributed by atoms with E-state index in [9.17, 15) is 14.7 Å². The first-order chi connectivity index (χ1) is 9.88. The molecule has 21 heavy (non-hydrogen) atoms. The van der Waals surface area contributed by atoms with Crippen LogP contribution < -0.4 is 5.43 Å². The summed E-state index contributed by atoms with van der Waals surface area (Å²) < 4.78 is 4.82. The number of benzene rings is 1. The molecule has 2 rings (SSSR count). The molecule has 1 aromatic carbocycles. The lowest BCUT2D eigenvalue weighted by molar-refractivity contribution is -0.174. The standard InChI is InChI=1S/C14H15ClN2O4/c1-3-21-13(19)14(20)8-9(2)16-17(14)12(18)10-5-4-6-11(15)7-10/h4-8,16,20H,3H2,1-2H3. The van der Waals surface area contributed by atoms with E-state index in [4.69, 9.17) is 16.3 Å². The van der Waals surface area contributed by atoms with Gasteiger partial charge in [0, 0.05) is 22.4 Å². The summed E-state index contributed by atoms with van der Waals surface area (Å²) in [5.74, 6) is -1.52. The van der Waals surface area contributed by atoms with Crippen LogP contribution in [0.4, 0.5) is 0 Å². The van der Waals surface area contributed by atoms with Crippen LogP contribution in [0, 0.1) is 0 Å². The number of nitrogens with zero attached hydrogens (tertiary/aromatic N) is 1. The molecule has 0 aromatic heterocycles. The minimum atomic E-state index is -2.18. The summed E-state index contributed by atoms with van der Waals surface area (Å²) in [5.41, 5.74) is 1.17. The summed E-state index contributed by atoms with van der Waals surface area (Å²) in [6.45, 7) is 3.33. The molecule has 1 aliphatic heterocycles. The number of hydrazine groups is 1. The topological polar surface area (TPSA) is 78.9 Å². The third-order valence-electron chi connectivity index (χ3n) is 2.90. The average molecular weight is 311 g/mol. The van der Waals surface area contributed by atoms with Crippen LogP contribution in [0.15, 0.2) is 36.0 Å². The first-order valence-electron chi connectivity index (χ1n) is 6.34. The molecule has 1 aliphatic rings. The van der Waals surface area contributed by atoms with E-state index < -0.39 is 17.6 Å². The Morgan fingerprint density at radius 3 is 2.81 bits per heavy atom. The summed E-state index contributed by atoms with van der Waals surface area (Å²) in [7, 11) is 0. The predicted octanol–water partition coefficient (Wildman–Crippen LogP) is 1.46. The van der Waals surface area contributed by atoms with Crippen LogP contribution in [0.25, 0.3) is 0 Å². The molecule has 0 saturated heterocycles. The van der Waals surface area contributed by atoms with Crippen molar-refractivity contribution in [1.29, 1.82) is 0 Å². The molecule has 0 bridgehead atoms. The highest BCUT2D eigenvalue weighted by Gasteiger charge is 2.49. The zero-order valence-electron chi connectivity index (χ0n) is 11.6. The van der Waals surface area contributed by atoms with Crippen LogP contribution in [-0.4, -0.2) is 34.3 Å². The van der Waals surface area contributed by atoms with Gasteiger partial charge in [-0.15, -0.1) is 0 Å². The van der Waals surface area contributed by atoms with Crippen molar-refractivity contribution in [2.45, 2.75) is 19.6 Å². The molecule has 0 aliphatic carbocycles. The summed E-state index contributed by atoms with van der Waals surface area (Å²) in [4.78, 5) is 24.4. The van der Waals surface area contributed by atoms with E-state index in [1.165, 1.54) is 18.2 Å². The van der Waals surface area contributed by atoms with Gasteiger partial charge in [0.25, 0.3) is 11.6 Å². The fourth-order valence-electron chi connectivity index (χ4n) is 2.00. The number of halogens is 1. The monoisotopic (exact) mass is 310 g/mol. The fourth-order valence-corrected chi connectivity index (χ4v) is 2.19. The van der Waals surface area contributed by atoms with Gasteiger partial charge in [0.1, 0.15) is 0 Å². The van der Waals surface area contributed by atoms with Gasteiger partial charge in [-0.25, -0.2) is 9.80 Å². The van der Waals surface area contributed by atoms with E-state index in [1.807, 2.05) is 0 Å². The number of esters is 1. The van der Waals surface area contributed by atoms with E-state index >= 15 is 0 Å². The van der Waals surface area contributed by atoms with Gasteiger partial charge >= 0.3 is 5.97 Å². The lowest BCUT2D eigenvalue weighted by Crippen LogP contribution is -2.57. The summed E-state index contributed by atoms with van der Waals surface area (Å²) in [6.07, 6.45) is 1.23. The van der Waals surface area contributed by atoms with E-state index in [2.05, 4.69) is 5.43 Å². The Hall–Kier alpha value is -2.05. The molecule has 0 spiro atoms. The molecule has 1 unspecified atom stereocenters. The second-order valence-corrected chi connectivity index (χ2v) is 4.97. The zero-order chi connectivity index (χ0) is 15.6. The van der Waals surface area contributed by atoms with E-state index in [-0.39, 0.29) is 12.2 Å². The normalized spacial score (nSPS) is 20.8. The Balaban J connectivity index is 2.34. The van der Waals surface area contributed by atoms with Crippen molar-refractivity contribution >= 4 is 23.5 Å². The van der Waals surface area contributed by atoms with Crippen molar-refractivity contribution in [2.24, 2.45) is 0 Å². The number of allylic oxidation sites excluding steroid dienone is 1. The minimum Gasteiger partial charge on any atom is -0.462 e. The molecule has 1 aromatic rings. The number of rotatable bonds is 3. The van der Waals surface area contributed by atoms with Gasteiger partial charge in [-0.3, -0.25) is 10.2 Å². The molecule has 0 fully saturated rings. The third kappa shape index (κ3) is 2.86. The maximum absolute atomic E-state index is 12.5. The molecule has 112 valence electrons. The van der Waals surface area contributed by atoms with Crippen molar-refractivity contribution in [3.63, 3.8) is 0 Å². The molecule has 1 atom stereocenters. The number of hydrogen-bond acceptors (Lipinski definition) is 5. The lowest BCUT2D eigenvalue weighted by atomic mass is 10.1. The van der Waals surface area contributed by atoms with Crippen molar-refractivity contribution < 1.29 is 19.4 Å². The average Bonchev–Trinajstić information content (AvgIpc) is 2.75. The Morgan fingerprint density at radius 1 is 1.48 bits per heavy atom. The number of nitrogens with one attached hydrogen (secondary N) is 1. The van der Waals surface area contributed by atoms with Gasteiger partial charge in [-0.1, -0.05) is 17.7 Å². The Morgan fingerprint density at radius 2 is 2.19 bits per heavy atom. The van der Waals surface area contributed by atoms with E-state index in [0.29, 0.717) is 10.7 Å². The molecule has 0 radical (unpaired) electrons. The maximum Gasteiger partial charge on any atom is 0.366 e. The van der Waals surface area contributed by atoms with Crippen molar-refractivity contribution in [3.05, 3.63) is 46.6 Å². The number of carbonyl (C=O) groups excluding carboxylic acids is 2. The first-order valence-corrected chi connectivity index (χ1v) is 6.72. The molecule has 6 nitrogen and oxygen atoms in total. The molecule has 0 saturated carbocycles. The zero-order valence-corrected chi connectivity index (χ0v) is 12.3. The van der Waals surface area contributed by atoms with Crippen LogP contribution in [0.1, 0.15) is 24.2 Å². The van der Waals surface area contributed by atoms with Gasteiger partial charge in [0.2, 0.25) is 0 Å². The largest absolute Gasteiger partial charge is 0.462 e. The number of aliphatic hydroxyl groups is 1. The first kappa shape index (κ1) is 15.3. The number of ether oxygens (including phenoxy) is 1. The highest BCUT2D eigenvalue weighted by molar-refractivity contribution is 6.31. The summed E-state index contributed by atoms with van der Waals surface area (Å²) >= 11 is 5.85. The fraction of sp³-hybridized carbons (Fsp3) is 0.286. The third-order valence-corrected chi connectivity index (χ3v) is 3.13. The highest BCUT2D eigenvalue weighted by atomic mass is 35.5. The predicted molar refractivity (Wildman–Crippen MR) is 76.1 cm³/mol. The van der Waals surface area contributed by atoms with Crippen molar-refractivity contribution in [3.8, 4) is 0 Å². The second kappa shape index (κ2) is 5.75. The molecule has 1 heterocycles. The number of amides is 1. The van der Waals surface area contributed by atoms with Gasteiger partial charge in [0.05, 0.1) is 6.61 Å². The molecule has 7 heteroatoms. The minimum absolute atomic E-state index is 0.0905. The molecular formula is C14H15ClN2O4. The van der Waals surface area contributed by atoms with Gasteiger partial charge in [-0.05, 0) is 32.0 Å². The Bertz CT molecular complexity index is 617.